The highest BCUT2D eigenvalue weighted by Gasteiger charge is 2.12. The quantitative estimate of drug-likeness (QED) is 0.780. The standard InChI is InChI=1S/C18H21N3/c1-21-18-10-6-5-9-16(18)17(20-21)13-15(19)12-11-14-7-3-2-4-8-14/h2-10,15H,11-13,19H2,1H3. The minimum Gasteiger partial charge on any atom is -0.327 e. The average molecular weight is 279 g/mol. The largest absolute Gasteiger partial charge is 0.327 e. The zero-order valence-electron chi connectivity index (χ0n) is 12.4. The molecule has 3 aromatic rings. The second-order valence-electron chi connectivity index (χ2n) is 5.58. The van der Waals surface area contributed by atoms with Crippen LogP contribution >= 0.6 is 0 Å². The van der Waals surface area contributed by atoms with Crippen LogP contribution in [0.4, 0.5) is 0 Å². The Morgan fingerprint density at radius 2 is 1.76 bits per heavy atom. The number of aromatic nitrogens is 2. The lowest BCUT2D eigenvalue weighted by Gasteiger charge is -2.10. The summed E-state index contributed by atoms with van der Waals surface area (Å²) in [6.07, 6.45) is 2.83. The minimum absolute atomic E-state index is 0.142. The van der Waals surface area contributed by atoms with E-state index in [-0.39, 0.29) is 6.04 Å². The highest BCUT2D eigenvalue weighted by molar-refractivity contribution is 5.81. The van der Waals surface area contributed by atoms with Gasteiger partial charge in [-0.15, -0.1) is 0 Å². The molecule has 0 aliphatic carbocycles. The lowest BCUT2D eigenvalue weighted by atomic mass is 10.0. The molecule has 108 valence electrons. The van der Waals surface area contributed by atoms with Gasteiger partial charge in [-0.25, -0.2) is 0 Å². The summed E-state index contributed by atoms with van der Waals surface area (Å²) in [6.45, 7) is 0. The summed E-state index contributed by atoms with van der Waals surface area (Å²) in [5, 5.41) is 5.84. The normalized spacial score (nSPS) is 12.7. The minimum atomic E-state index is 0.142. The molecule has 1 heterocycles. The van der Waals surface area contributed by atoms with Gasteiger partial charge in [0.15, 0.2) is 0 Å². The van der Waals surface area contributed by atoms with E-state index in [0.717, 1.165) is 25.0 Å². The molecule has 0 bridgehead atoms. The number of fused-ring (bicyclic) bond motifs is 1. The van der Waals surface area contributed by atoms with Crippen LogP contribution in [0.3, 0.4) is 0 Å². The zero-order chi connectivity index (χ0) is 14.7. The smallest absolute Gasteiger partial charge is 0.0718 e. The van der Waals surface area contributed by atoms with Crippen molar-refractivity contribution in [2.45, 2.75) is 25.3 Å². The SMILES string of the molecule is Cn1nc(CC(N)CCc2ccccc2)c2ccccc21. The lowest BCUT2D eigenvalue weighted by Crippen LogP contribution is -2.24. The van der Waals surface area contributed by atoms with Gasteiger partial charge in [-0.1, -0.05) is 48.5 Å². The summed E-state index contributed by atoms with van der Waals surface area (Å²) in [5.74, 6) is 0. The molecular weight excluding hydrogens is 258 g/mol. The van der Waals surface area contributed by atoms with Gasteiger partial charge >= 0.3 is 0 Å². The molecule has 3 nitrogen and oxygen atoms in total. The van der Waals surface area contributed by atoms with Crippen LogP contribution in [0.15, 0.2) is 54.6 Å². The molecule has 2 N–H and O–H groups in total. The molecular formula is C18H21N3. The van der Waals surface area contributed by atoms with Crippen molar-refractivity contribution in [2.24, 2.45) is 12.8 Å². The number of hydrogen-bond donors (Lipinski definition) is 1. The van der Waals surface area contributed by atoms with E-state index in [1.165, 1.54) is 16.5 Å². The molecule has 0 saturated heterocycles. The fourth-order valence-electron chi connectivity index (χ4n) is 2.79. The van der Waals surface area contributed by atoms with Crippen LogP contribution in [0.2, 0.25) is 0 Å². The monoisotopic (exact) mass is 279 g/mol. The summed E-state index contributed by atoms with van der Waals surface area (Å²) in [5.41, 5.74) is 9.93. The van der Waals surface area contributed by atoms with Crippen molar-refractivity contribution in [2.75, 3.05) is 0 Å². The Morgan fingerprint density at radius 3 is 2.57 bits per heavy atom. The predicted octanol–water partition coefficient (Wildman–Crippen LogP) is 3.08. The fraction of sp³-hybridized carbons (Fsp3) is 0.278. The van der Waals surface area contributed by atoms with Crippen LogP contribution < -0.4 is 5.73 Å². The molecule has 1 aromatic heterocycles. The van der Waals surface area contributed by atoms with E-state index in [1.807, 2.05) is 23.9 Å². The van der Waals surface area contributed by atoms with Gasteiger partial charge in [-0.3, -0.25) is 4.68 Å². The van der Waals surface area contributed by atoms with E-state index in [4.69, 9.17) is 5.73 Å². The topological polar surface area (TPSA) is 43.8 Å². The van der Waals surface area contributed by atoms with E-state index >= 15 is 0 Å². The number of hydrogen-bond acceptors (Lipinski definition) is 2. The number of nitrogens with zero attached hydrogens (tertiary/aromatic N) is 2. The first-order valence-corrected chi connectivity index (χ1v) is 7.44. The van der Waals surface area contributed by atoms with Crippen molar-refractivity contribution in [1.82, 2.24) is 9.78 Å². The maximum Gasteiger partial charge on any atom is 0.0718 e. The van der Waals surface area contributed by atoms with Crippen molar-refractivity contribution >= 4 is 10.9 Å². The maximum absolute atomic E-state index is 6.30. The number of rotatable bonds is 5. The Kier molecular flexibility index (Phi) is 4.02. The van der Waals surface area contributed by atoms with Crippen LogP contribution in [0.1, 0.15) is 17.7 Å². The van der Waals surface area contributed by atoms with Crippen LogP contribution in [-0.2, 0) is 19.9 Å². The molecule has 3 rings (SSSR count). The van der Waals surface area contributed by atoms with Gasteiger partial charge in [-0.2, -0.15) is 5.10 Å². The fourth-order valence-corrected chi connectivity index (χ4v) is 2.79. The molecule has 1 atom stereocenters. The molecule has 0 radical (unpaired) electrons. The molecule has 0 fully saturated rings. The van der Waals surface area contributed by atoms with E-state index < -0.39 is 0 Å². The molecule has 0 aliphatic heterocycles. The van der Waals surface area contributed by atoms with Crippen LogP contribution in [0, 0.1) is 0 Å². The molecule has 21 heavy (non-hydrogen) atoms. The summed E-state index contributed by atoms with van der Waals surface area (Å²) in [6, 6.07) is 19.0. The second kappa shape index (κ2) is 6.10. The van der Waals surface area contributed by atoms with Crippen molar-refractivity contribution in [1.29, 1.82) is 0 Å². The van der Waals surface area contributed by atoms with Gasteiger partial charge in [0.05, 0.1) is 11.2 Å². The highest BCUT2D eigenvalue weighted by atomic mass is 15.3. The van der Waals surface area contributed by atoms with Crippen molar-refractivity contribution in [3.63, 3.8) is 0 Å². The summed E-state index contributed by atoms with van der Waals surface area (Å²) < 4.78 is 1.94. The summed E-state index contributed by atoms with van der Waals surface area (Å²) in [7, 11) is 1.99. The highest BCUT2D eigenvalue weighted by Crippen LogP contribution is 2.19. The number of nitrogens with two attached hydrogens (primary N) is 1. The second-order valence-corrected chi connectivity index (χ2v) is 5.58. The Hall–Kier alpha value is -2.13. The summed E-state index contributed by atoms with van der Waals surface area (Å²) >= 11 is 0. The first-order chi connectivity index (χ1) is 10.2. The Bertz CT molecular complexity index is 716. The van der Waals surface area contributed by atoms with Gasteiger partial charge in [0.1, 0.15) is 0 Å². The predicted molar refractivity (Wildman–Crippen MR) is 87.2 cm³/mol. The number of para-hydroxylation sites is 1. The van der Waals surface area contributed by atoms with Gasteiger partial charge in [0.2, 0.25) is 0 Å². The van der Waals surface area contributed by atoms with Gasteiger partial charge in [0.25, 0.3) is 0 Å². The van der Waals surface area contributed by atoms with E-state index in [2.05, 4.69) is 47.6 Å². The lowest BCUT2D eigenvalue weighted by molar-refractivity contribution is 0.597. The third-order valence-electron chi connectivity index (χ3n) is 3.94. The average Bonchev–Trinajstić information content (AvgIpc) is 2.83. The third kappa shape index (κ3) is 3.14. The van der Waals surface area contributed by atoms with Crippen LogP contribution in [0.5, 0.6) is 0 Å². The Balaban J connectivity index is 1.68. The zero-order valence-corrected chi connectivity index (χ0v) is 12.4. The van der Waals surface area contributed by atoms with E-state index in [0.29, 0.717) is 0 Å². The Morgan fingerprint density at radius 1 is 1.05 bits per heavy atom. The Labute approximate surface area is 125 Å². The third-order valence-corrected chi connectivity index (χ3v) is 3.94. The molecule has 3 heteroatoms. The molecule has 0 saturated carbocycles. The van der Waals surface area contributed by atoms with Gasteiger partial charge < -0.3 is 5.73 Å². The van der Waals surface area contributed by atoms with Gasteiger partial charge in [-0.05, 0) is 24.5 Å². The van der Waals surface area contributed by atoms with E-state index in [1.54, 1.807) is 0 Å². The number of aryl methyl sites for hydroxylation is 2. The summed E-state index contributed by atoms with van der Waals surface area (Å²) in [4.78, 5) is 0. The molecule has 2 aromatic carbocycles. The van der Waals surface area contributed by atoms with Crippen LogP contribution in [-0.4, -0.2) is 15.8 Å². The van der Waals surface area contributed by atoms with Crippen molar-refractivity contribution in [3.05, 3.63) is 65.9 Å². The van der Waals surface area contributed by atoms with Gasteiger partial charge in [0, 0.05) is 24.9 Å². The molecule has 0 spiro atoms. The number of benzene rings is 2. The van der Waals surface area contributed by atoms with Crippen LogP contribution in [0.25, 0.3) is 10.9 Å². The van der Waals surface area contributed by atoms with E-state index in [9.17, 15) is 0 Å². The maximum atomic E-state index is 6.30. The molecule has 1 unspecified atom stereocenters. The molecule has 0 aliphatic rings. The first kappa shape index (κ1) is 13.8. The van der Waals surface area contributed by atoms with Crippen molar-refractivity contribution < 1.29 is 0 Å². The van der Waals surface area contributed by atoms with Crippen molar-refractivity contribution in [3.8, 4) is 0 Å². The molecule has 0 amide bonds. The first-order valence-electron chi connectivity index (χ1n) is 7.44.